The molecule has 12 nitrogen and oxygen atoms in total. The highest BCUT2D eigenvalue weighted by molar-refractivity contribution is 5.91. The van der Waals surface area contributed by atoms with E-state index >= 15 is 0 Å². The molecule has 1 aromatic heterocycles. The van der Waals surface area contributed by atoms with E-state index in [1.807, 2.05) is 23.1 Å². The molecule has 3 aromatic rings. The molecule has 12 heteroatoms. The van der Waals surface area contributed by atoms with E-state index in [2.05, 4.69) is 51.0 Å². The van der Waals surface area contributed by atoms with E-state index in [1.54, 1.807) is 13.2 Å². The first kappa shape index (κ1) is 38.3. The van der Waals surface area contributed by atoms with Gasteiger partial charge < -0.3 is 28.7 Å². The van der Waals surface area contributed by atoms with E-state index in [0.29, 0.717) is 51.4 Å². The number of fused-ring (bicyclic) bond motifs is 2. The number of carbonyl (C=O) groups is 1. The van der Waals surface area contributed by atoms with Crippen LogP contribution >= 0.6 is 0 Å². The molecule has 0 unspecified atom stereocenters. The van der Waals surface area contributed by atoms with E-state index in [9.17, 15) is 10.1 Å². The molecule has 4 aliphatic heterocycles. The Morgan fingerprint density at radius 3 is 2.61 bits per heavy atom. The van der Waals surface area contributed by atoms with Crippen LogP contribution in [0.5, 0.6) is 6.01 Å². The summed E-state index contributed by atoms with van der Waals surface area (Å²) in [6, 6.07) is 14.7. The number of morpholine rings is 1. The lowest BCUT2D eigenvalue weighted by atomic mass is 9.92. The van der Waals surface area contributed by atoms with Gasteiger partial charge in [0.05, 0.1) is 62.9 Å². The van der Waals surface area contributed by atoms with Gasteiger partial charge in [-0.2, -0.15) is 15.2 Å². The molecule has 1 aliphatic carbocycles. The SMILES string of the molecule is C#Cc1cccc2cccc([C@@H]3Cc4nc(OCC5(CN6CCOCC6)CC5)nc(N5CCN(C(=O)/C=C/CN6CCC(OC)CC6)[C@@H](CC#N)C5)c4CO3)c12. The Morgan fingerprint density at radius 1 is 1.05 bits per heavy atom. The number of anilines is 1. The average Bonchev–Trinajstić information content (AvgIpc) is 4.01. The largest absolute Gasteiger partial charge is 0.463 e. The number of methoxy groups -OCH3 is 1. The van der Waals surface area contributed by atoms with Crippen molar-refractivity contribution < 1.29 is 23.7 Å². The minimum Gasteiger partial charge on any atom is -0.463 e. The fourth-order valence-electron chi connectivity index (χ4n) is 8.83. The predicted molar refractivity (Wildman–Crippen MR) is 213 cm³/mol. The second-order valence-electron chi connectivity index (χ2n) is 16.0. The maximum Gasteiger partial charge on any atom is 0.318 e. The maximum atomic E-state index is 13.6. The van der Waals surface area contributed by atoms with Crippen molar-refractivity contribution in [3.8, 4) is 24.4 Å². The summed E-state index contributed by atoms with van der Waals surface area (Å²) in [7, 11) is 1.77. The quantitative estimate of drug-likeness (QED) is 0.192. The van der Waals surface area contributed by atoms with E-state index in [1.165, 1.54) is 0 Å². The predicted octanol–water partition coefficient (Wildman–Crippen LogP) is 4.51. The van der Waals surface area contributed by atoms with Crippen molar-refractivity contribution in [1.29, 1.82) is 5.26 Å². The molecule has 0 radical (unpaired) electrons. The van der Waals surface area contributed by atoms with Gasteiger partial charge in [-0.25, -0.2) is 0 Å². The van der Waals surface area contributed by atoms with Gasteiger partial charge in [0.15, 0.2) is 0 Å². The van der Waals surface area contributed by atoms with E-state index in [4.69, 9.17) is 35.3 Å². The molecule has 4 fully saturated rings. The first-order chi connectivity index (χ1) is 27.5. The van der Waals surface area contributed by atoms with Crippen LogP contribution in [0.15, 0.2) is 48.6 Å². The molecular formula is C44H53N7O5. The summed E-state index contributed by atoms with van der Waals surface area (Å²) in [5.74, 6) is 3.57. The van der Waals surface area contributed by atoms with Crippen LogP contribution in [0.2, 0.25) is 0 Å². The Morgan fingerprint density at radius 2 is 1.86 bits per heavy atom. The zero-order chi connectivity index (χ0) is 38.5. The van der Waals surface area contributed by atoms with Crippen LogP contribution < -0.4 is 9.64 Å². The maximum absolute atomic E-state index is 13.6. The van der Waals surface area contributed by atoms with Crippen LogP contribution in [0, 0.1) is 29.1 Å². The Hall–Kier alpha value is -4.56. The van der Waals surface area contributed by atoms with Gasteiger partial charge in [-0.05, 0) is 42.7 Å². The average molecular weight is 760 g/mol. The third kappa shape index (κ3) is 8.56. The Kier molecular flexibility index (Phi) is 11.8. The first-order valence-electron chi connectivity index (χ1n) is 20.2. The highest BCUT2D eigenvalue weighted by Crippen LogP contribution is 2.47. The number of likely N-dealkylation sites (tertiary alicyclic amines) is 1. The summed E-state index contributed by atoms with van der Waals surface area (Å²) in [4.78, 5) is 32.6. The van der Waals surface area contributed by atoms with Crippen molar-refractivity contribution in [3.05, 3.63) is 70.9 Å². The number of aromatic nitrogens is 2. The van der Waals surface area contributed by atoms with Crippen molar-refractivity contribution in [3.63, 3.8) is 0 Å². The van der Waals surface area contributed by atoms with Crippen molar-refractivity contribution in [2.24, 2.45) is 5.41 Å². The number of amides is 1. The lowest BCUT2D eigenvalue weighted by Gasteiger charge is -2.42. The minimum atomic E-state index is -0.295. The Balaban J connectivity index is 1.03. The fraction of sp³-hybridized carbons (Fsp3) is 0.545. The number of rotatable bonds is 12. The number of ether oxygens (including phenoxy) is 4. The molecule has 3 saturated heterocycles. The number of hydrogen-bond acceptors (Lipinski definition) is 11. The van der Waals surface area contributed by atoms with E-state index in [0.717, 1.165) is 117 Å². The molecule has 0 spiro atoms. The molecular weight excluding hydrogens is 707 g/mol. The number of nitrogens with zero attached hydrogens (tertiary/aromatic N) is 7. The van der Waals surface area contributed by atoms with Crippen molar-refractivity contribution in [2.75, 3.05) is 90.7 Å². The highest BCUT2D eigenvalue weighted by atomic mass is 16.5. The summed E-state index contributed by atoms with van der Waals surface area (Å²) in [5, 5.41) is 12.0. The number of piperazine rings is 1. The van der Waals surface area contributed by atoms with E-state index in [-0.39, 0.29) is 29.9 Å². The van der Waals surface area contributed by atoms with Gasteiger partial charge in [0.1, 0.15) is 5.82 Å². The highest BCUT2D eigenvalue weighted by Gasteiger charge is 2.45. The molecule has 0 bridgehead atoms. The van der Waals surface area contributed by atoms with E-state index < -0.39 is 0 Å². The number of hydrogen-bond donors (Lipinski definition) is 0. The van der Waals surface area contributed by atoms with Gasteiger partial charge >= 0.3 is 6.01 Å². The van der Waals surface area contributed by atoms with Gasteiger partial charge in [0.25, 0.3) is 0 Å². The molecule has 2 aromatic carbocycles. The topological polar surface area (TPSA) is 117 Å². The molecule has 1 saturated carbocycles. The fourth-order valence-corrected chi connectivity index (χ4v) is 8.83. The Labute approximate surface area is 330 Å². The molecule has 0 N–H and O–H groups in total. The van der Waals surface area contributed by atoms with Crippen molar-refractivity contribution in [1.82, 2.24) is 24.7 Å². The zero-order valence-electron chi connectivity index (χ0n) is 32.5. The molecule has 56 heavy (non-hydrogen) atoms. The summed E-state index contributed by atoms with van der Waals surface area (Å²) in [6.45, 7) is 9.41. The van der Waals surface area contributed by atoms with Crippen LogP contribution in [0.1, 0.15) is 60.6 Å². The van der Waals surface area contributed by atoms with Crippen LogP contribution in [0.3, 0.4) is 0 Å². The van der Waals surface area contributed by atoms with Crippen LogP contribution in [0.25, 0.3) is 10.8 Å². The van der Waals surface area contributed by atoms with Crippen LogP contribution in [-0.4, -0.2) is 129 Å². The van der Waals surface area contributed by atoms with Gasteiger partial charge in [-0.1, -0.05) is 42.3 Å². The second kappa shape index (κ2) is 17.3. The summed E-state index contributed by atoms with van der Waals surface area (Å²) in [5.41, 5.74) is 3.79. The molecule has 8 rings (SSSR count). The van der Waals surface area contributed by atoms with Crippen LogP contribution in [0.4, 0.5) is 5.82 Å². The summed E-state index contributed by atoms with van der Waals surface area (Å²) >= 11 is 0. The minimum absolute atomic E-state index is 0.0620. The van der Waals surface area contributed by atoms with Crippen LogP contribution in [-0.2, 0) is 32.0 Å². The molecule has 2 atom stereocenters. The normalized spacial score (nSPS) is 23.1. The number of benzene rings is 2. The lowest BCUT2D eigenvalue weighted by molar-refractivity contribution is -0.128. The van der Waals surface area contributed by atoms with Crippen molar-refractivity contribution >= 4 is 22.5 Å². The monoisotopic (exact) mass is 759 g/mol. The number of carbonyl (C=O) groups excluding carboxylic acids is 1. The van der Waals surface area contributed by atoms with Crippen molar-refractivity contribution in [2.45, 2.75) is 63.4 Å². The van der Waals surface area contributed by atoms with Gasteiger partial charge in [0, 0.05) is 100 Å². The Bertz CT molecular complexity index is 1980. The first-order valence-corrected chi connectivity index (χ1v) is 20.2. The number of piperidine rings is 1. The standard InChI is InChI=1S/C44H53N7O5/c1-3-32-7-4-8-33-9-5-10-36(41(32)33)39-27-38-37(29-55-39)42(47-43(46-38)56-31-44(15-16-44)30-49-23-25-54-26-24-49)50-21-22-51(34(28-50)12-17-45)40(52)11-6-18-48-19-13-35(53-2)14-20-48/h1,4-11,34-35,39H,12-16,18-31H2,2H3/b11-6+/t34-,39-/m0/s1. The van der Waals surface area contributed by atoms with Gasteiger partial charge in [-0.15, -0.1) is 6.42 Å². The second-order valence-corrected chi connectivity index (χ2v) is 16.0. The number of terminal acetylenes is 1. The molecule has 1 amide bonds. The third-order valence-corrected chi connectivity index (χ3v) is 12.3. The molecule has 294 valence electrons. The third-order valence-electron chi connectivity index (χ3n) is 12.3. The van der Waals surface area contributed by atoms with Gasteiger partial charge in [0.2, 0.25) is 5.91 Å². The lowest BCUT2D eigenvalue weighted by Crippen LogP contribution is -2.55. The van der Waals surface area contributed by atoms with Gasteiger partial charge in [-0.3, -0.25) is 14.6 Å². The molecule has 5 aliphatic rings. The molecule has 5 heterocycles. The number of nitriles is 1. The summed E-state index contributed by atoms with van der Waals surface area (Å²) in [6.07, 6.45) is 14.7. The zero-order valence-corrected chi connectivity index (χ0v) is 32.5. The summed E-state index contributed by atoms with van der Waals surface area (Å²) < 4.78 is 24.3. The smallest absolute Gasteiger partial charge is 0.318 e.